The third kappa shape index (κ3) is 7.19. The molecule has 9 rings (SSSR count). The van der Waals surface area contributed by atoms with Gasteiger partial charge in [0.1, 0.15) is 18.1 Å². The van der Waals surface area contributed by atoms with Crippen LogP contribution in [-0.2, 0) is 29.1 Å². The Morgan fingerprint density at radius 2 is 1.84 bits per heavy atom. The van der Waals surface area contributed by atoms with Crippen molar-refractivity contribution in [2.24, 2.45) is 5.92 Å². The number of urea groups is 1. The van der Waals surface area contributed by atoms with Gasteiger partial charge in [0.15, 0.2) is 0 Å². The Morgan fingerprint density at radius 1 is 0.982 bits per heavy atom. The van der Waals surface area contributed by atoms with Gasteiger partial charge in [0.25, 0.3) is 0 Å². The fourth-order valence-corrected chi connectivity index (χ4v) is 8.22. The van der Waals surface area contributed by atoms with Gasteiger partial charge in [-0.2, -0.15) is 0 Å². The summed E-state index contributed by atoms with van der Waals surface area (Å²) < 4.78 is 21.1. The molecule has 5 aromatic rings. The first-order chi connectivity index (χ1) is 27.2. The Labute approximate surface area is 323 Å². The number of rotatable bonds is 8. The number of anilines is 4. The van der Waals surface area contributed by atoms with E-state index in [1.807, 2.05) is 42.3 Å². The zero-order valence-corrected chi connectivity index (χ0v) is 31.1. The molecule has 3 N–H and O–H groups in total. The second kappa shape index (κ2) is 14.8. The van der Waals surface area contributed by atoms with Crippen molar-refractivity contribution in [3.63, 3.8) is 0 Å². The number of hydrogen-bond donors (Lipinski definition) is 3. The first kappa shape index (κ1) is 35.5. The van der Waals surface area contributed by atoms with Crippen LogP contribution in [0.3, 0.4) is 0 Å². The minimum atomic E-state index is -0.458. The average molecular weight is 756 g/mol. The maximum absolute atomic E-state index is 15.4. The molecule has 3 aromatic carbocycles. The summed E-state index contributed by atoms with van der Waals surface area (Å²) in [6.45, 7) is 7.61. The summed E-state index contributed by atoms with van der Waals surface area (Å²) in [5, 5.41) is 9.77. The lowest BCUT2D eigenvalue weighted by Gasteiger charge is -2.34. The lowest BCUT2D eigenvalue weighted by atomic mass is 9.95. The van der Waals surface area contributed by atoms with Gasteiger partial charge in [-0.25, -0.2) is 24.1 Å². The molecule has 0 saturated carbocycles. The number of nitrogens with one attached hydrogen (secondary N) is 3. The molecule has 286 valence electrons. The van der Waals surface area contributed by atoms with Crippen molar-refractivity contribution in [3.8, 4) is 17.0 Å². The number of aromatic nitrogens is 3. The van der Waals surface area contributed by atoms with Crippen molar-refractivity contribution in [1.82, 2.24) is 30.1 Å². The molecule has 0 bridgehead atoms. The summed E-state index contributed by atoms with van der Waals surface area (Å²) >= 11 is 0. The SMILES string of the molecule is Cc1c(-c2ccc3cnc(Nc4ccc(CC(=O)N5CCC(CN6Cc7ccc(N8CCC(=O)NC8=O)cc7C6)CC5)c(F)c4)nc3c2)cnc2c1NCCO2. The molecule has 2 fully saturated rings. The van der Waals surface area contributed by atoms with Gasteiger partial charge in [-0.05, 0) is 83.8 Å². The molecule has 6 heterocycles. The minimum absolute atomic E-state index is 0.00237. The molecule has 2 aromatic heterocycles. The van der Waals surface area contributed by atoms with Gasteiger partial charge in [-0.15, -0.1) is 0 Å². The maximum atomic E-state index is 15.4. The van der Waals surface area contributed by atoms with Gasteiger partial charge in [0, 0.05) is 87.0 Å². The number of imide groups is 1. The van der Waals surface area contributed by atoms with Crippen LogP contribution in [0.1, 0.15) is 41.5 Å². The van der Waals surface area contributed by atoms with Crippen LogP contribution in [0.25, 0.3) is 22.0 Å². The van der Waals surface area contributed by atoms with Crippen LogP contribution in [0.2, 0.25) is 0 Å². The van der Waals surface area contributed by atoms with E-state index in [9.17, 15) is 14.4 Å². The molecule has 4 aliphatic rings. The molecule has 56 heavy (non-hydrogen) atoms. The molecule has 0 aliphatic carbocycles. The zero-order chi connectivity index (χ0) is 38.3. The number of piperidine rings is 1. The quantitative estimate of drug-likeness (QED) is 0.174. The number of benzene rings is 3. The van der Waals surface area contributed by atoms with Gasteiger partial charge in [0.05, 0.1) is 11.9 Å². The van der Waals surface area contributed by atoms with Crippen molar-refractivity contribution in [1.29, 1.82) is 0 Å². The molecule has 13 nitrogen and oxygen atoms in total. The Morgan fingerprint density at radius 3 is 2.68 bits per heavy atom. The Bertz CT molecular complexity index is 2380. The predicted octanol–water partition coefficient (Wildman–Crippen LogP) is 5.93. The molecule has 0 unspecified atom stereocenters. The molecule has 4 amide bonds. The Hall–Kier alpha value is -6.15. The summed E-state index contributed by atoms with van der Waals surface area (Å²) in [6, 6.07) is 16.5. The van der Waals surface area contributed by atoms with Gasteiger partial charge in [-0.3, -0.25) is 24.7 Å². The number of amides is 4. The van der Waals surface area contributed by atoms with Crippen LogP contribution in [-0.4, -0.2) is 81.9 Å². The van der Waals surface area contributed by atoms with Crippen LogP contribution >= 0.6 is 0 Å². The third-order valence-electron chi connectivity index (χ3n) is 11.3. The smallest absolute Gasteiger partial charge is 0.328 e. The van der Waals surface area contributed by atoms with Gasteiger partial charge in [-0.1, -0.05) is 24.3 Å². The third-order valence-corrected chi connectivity index (χ3v) is 11.3. The Balaban J connectivity index is 0.777. The normalized spacial score (nSPS) is 17.2. The number of ether oxygens (including phenoxy) is 1. The van der Waals surface area contributed by atoms with Crippen molar-refractivity contribution in [3.05, 3.63) is 95.1 Å². The number of halogens is 1. The highest BCUT2D eigenvalue weighted by Gasteiger charge is 2.29. The van der Waals surface area contributed by atoms with Crippen LogP contribution in [0, 0.1) is 18.7 Å². The van der Waals surface area contributed by atoms with E-state index in [2.05, 4.69) is 43.0 Å². The maximum Gasteiger partial charge on any atom is 0.328 e. The van der Waals surface area contributed by atoms with E-state index in [0.717, 1.165) is 78.0 Å². The number of hydrogen-bond acceptors (Lipinski definition) is 10. The summed E-state index contributed by atoms with van der Waals surface area (Å²) in [4.78, 5) is 56.8. The molecular formula is C42H42FN9O4. The standard InChI is InChI=1S/C42H42FN9O4/c1-25-34(21-45-40-39(25)44-11-15-56-40)27-2-3-29-20-46-41(48-36(29)17-27)47-32-6-4-28(35(43)19-32)18-38(54)51-12-8-26(9-13-51)22-50-23-30-5-7-33(16-31(30)24-50)52-14-10-37(53)49-42(52)55/h2-7,16-17,19-21,26,44H,8-15,18,22-24H2,1H3,(H,46,47,48)(H,49,53,55). The number of carbonyl (C=O) groups excluding carboxylic acids is 3. The molecule has 14 heteroatoms. The van der Waals surface area contributed by atoms with Crippen LogP contribution in [0.5, 0.6) is 5.88 Å². The van der Waals surface area contributed by atoms with E-state index in [4.69, 9.17) is 9.72 Å². The van der Waals surface area contributed by atoms with E-state index in [1.165, 1.54) is 17.2 Å². The summed E-state index contributed by atoms with van der Waals surface area (Å²) in [5.74, 6) is 0.629. The molecule has 0 spiro atoms. The highest BCUT2D eigenvalue weighted by molar-refractivity contribution is 6.05. The van der Waals surface area contributed by atoms with Gasteiger partial charge in [0.2, 0.25) is 23.6 Å². The van der Waals surface area contributed by atoms with Gasteiger partial charge >= 0.3 is 6.03 Å². The van der Waals surface area contributed by atoms with E-state index in [-0.39, 0.29) is 24.3 Å². The monoisotopic (exact) mass is 755 g/mol. The lowest BCUT2D eigenvalue weighted by Crippen LogP contribution is -2.49. The lowest BCUT2D eigenvalue weighted by molar-refractivity contribution is -0.132. The second-order valence-corrected chi connectivity index (χ2v) is 15.0. The van der Waals surface area contributed by atoms with E-state index >= 15 is 4.39 Å². The Kier molecular flexibility index (Phi) is 9.41. The number of likely N-dealkylation sites (tertiary alicyclic amines) is 1. The molecule has 0 atom stereocenters. The first-order valence-electron chi connectivity index (χ1n) is 19.2. The minimum Gasteiger partial charge on any atom is -0.474 e. The largest absolute Gasteiger partial charge is 0.474 e. The highest BCUT2D eigenvalue weighted by Crippen LogP contribution is 2.36. The van der Waals surface area contributed by atoms with Crippen molar-refractivity contribution in [2.75, 3.05) is 54.9 Å². The predicted molar refractivity (Wildman–Crippen MR) is 210 cm³/mol. The topological polar surface area (TPSA) is 145 Å². The summed E-state index contributed by atoms with van der Waals surface area (Å²) in [5.41, 5.74) is 8.73. The average Bonchev–Trinajstić information content (AvgIpc) is 3.61. The van der Waals surface area contributed by atoms with E-state index in [0.29, 0.717) is 61.7 Å². The number of carbonyl (C=O) groups is 3. The number of fused-ring (bicyclic) bond motifs is 3. The molecule has 2 saturated heterocycles. The van der Waals surface area contributed by atoms with Gasteiger partial charge < -0.3 is 20.3 Å². The van der Waals surface area contributed by atoms with Crippen LogP contribution < -0.4 is 25.6 Å². The first-order valence-corrected chi connectivity index (χ1v) is 19.2. The van der Waals surface area contributed by atoms with Crippen molar-refractivity contribution >= 4 is 51.8 Å². The molecular weight excluding hydrogens is 714 g/mol. The highest BCUT2D eigenvalue weighted by atomic mass is 19.1. The summed E-state index contributed by atoms with van der Waals surface area (Å²) in [7, 11) is 0. The van der Waals surface area contributed by atoms with Crippen LogP contribution in [0.4, 0.5) is 32.2 Å². The fourth-order valence-electron chi connectivity index (χ4n) is 8.22. The van der Waals surface area contributed by atoms with Crippen molar-refractivity contribution < 1.29 is 23.5 Å². The number of nitrogens with zero attached hydrogens (tertiary/aromatic N) is 6. The molecule has 0 radical (unpaired) electrons. The van der Waals surface area contributed by atoms with E-state index in [1.54, 1.807) is 23.2 Å². The second-order valence-electron chi connectivity index (χ2n) is 15.0. The fraction of sp³-hybridized carbons (Fsp3) is 0.333. The zero-order valence-electron chi connectivity index (χ0n) is 31.1. The van der Waals surface area contributed by atoms with Crippen molar-refractivity contribution in [2.45, 2.75) is 45.7 Å². The summed E-state index contributed by atoms with van der Waals surface area (Å²) in [6.07, 6.45) is 5.62. The van der Waals surface area contributed by atoms with Crippen LogP contribution in [0.15, 0.2) is 67.0 Å². The molecule has 4 aliphatic heterocycles. The van der Waals surface area contributed by atoms with E-state index < -0.39 is 5.82 Å². The number of pyridine rings is 1.